The molecule has 0 saturated carbocycles. The summed E-state index contributed by atoms with van der Waals surface area (Å²) in [7, 11) is 0. The van der Waals surface area contributed by atoms with E-state index in [-0.39, 0.29) is 51.8 Å². The lowest BCUT2D eigenvalue weighted by Gasteiger charge is -2.36. The molecule has 3 rings (SSSR count). The fraction of sp³-hybridized carbons (Fsp3) is 0.462. The number of amides is 2. The normalized spacial score (nSPS) is 17.7. The predicted molar refractivity (Wildman–Crippen MR) is 134 cm³/mol. The number of carbonyl (C=O) groups excluding carboxylic acids is 3. The van der Waals surface area contributed by atoms with Gasteiger partial charge in [0.15, 0.2) is 5.78 Å². The van der Waals surface area contributed by atoms with Gasteiger partial charge >= 0.3 is 11.9 Å². The first kappa shape index (κ1) is 30.2. The third kappa shape index (κ3) is 7.34. The van der Waals surface area contributed by atoms with Crippen LogP contribution in [0.1, 0.15) is 75.7 Å². The highest BCUT2D eigenvalue weighted by Gasteiger charge is 2.34. The molecule has 2 aliphatic rings. The van der Waals surface area contributed by atoms with Crippen molar-refractivity contribution in [3.8, 4) is 0 Å². The minimum Gasteiger partial charge on any atom is -0.481 e. The molecule has 0 aromatic heterocycles. The summed E-state index contributed by atoms with van der Waals surface area (Å²) in [5.41, 5.74) is 8.16. The molecular formula is C26H35N3O7. The first-order valence-electron chi connectivity index (χ1n) is 11.1. The smallest absolute Gasteiger partial charge is 0.306 e. The van der Waals surface area contributed by atoms with Crippen molar-refractivity contribution in [1.82, 2.24) is 4.90 Å². The van der Waals surface area contributed by atoms with Crippen molar-refractivity contribution in [1.29, 1.82) is 0 Å². The van der Waals surface area contributed by atoms with Gasteiger partial charge in [-0.1, -0.05) is 39.1 Å². The number of nitrogens with two attached hydrogens (primary N) is 1. The minimum atomic E-state index is -1.19. The molecule has 2 aliphatic heterocycles. The molecule has 0 aliphatic carbocycles. The number of carboxylic acids is 2. The Labute approximate surface area is 210 Å². The van der Waals surface area contributed by atoms with Crippen molar-refractivity contribution >= 4 is 35.9 Å². The standard InChI is InChI=1S/C24H27N3O7.2CH4/c25-20-12-16-6-9-18(27(13-28)22(16)23(32)26-20)8-3-14-1-4-15(5-2-14)19(29)11-17(24(33)34)7-10-21(30)31;;/h1-2,4-5,13,17-18H,3,6-12H2,(H,30,31)(H,33,34)(H2,25,26,32);2*1H4/t17-,18?;;/m1../s1. The largest absolute Gasteiger partial charge is 0.481 e. The summed E-state index contributed by atoms with van der Waals surface area (Å²) in [5, 5.41) is 18.0. The van der Waals surface area contributed by atoms with E-state index in [1.165, 1.54) is 4.90 Å². The Hall–Kier alpha value is -3.82. The number of aryl methyl sites for hydroxylation is 1. The molecule has 1 unspecified atom stereocenters. The maximum atomic E-state index is 12.5. The van der Waals surface area contributed by atoms with Gasteiger partial charge in [-0.2, -0.15) is 4.99 Å². The number of carbonyl (C=O) groups is 5. The van der Waals surface area contributed by atoms with E-state index >= 15 is 0 Å². The summed E-state index contributed by atoms with van der Waals surface area (Å²) in [6.45, 7) is 0. The van der Waals surface area contributed by atoms with Gasteiger partial charge in [0.05, 0.1) is 5.92 Å². The number of ketones is 1. The summed E-state index contributed by atoms with van der Waals surface area (Å²) in [4.78, 5) is 63.8. The lowest BCUT2D eigenvalue weighted by molar-refractivity contribution is -0.143. The van der Waals surface area contributed by atoms with Gasteiger partial charge in [-0.3, -0.25) is 24.0 Å². The zero-order chi connectivity index (χ0) is 24.8. The molecule has 196 valence electrons. The molecule has 36 heavy (non-hydrogen) atoms. The second kappa shape index (κ2) is 13.3. The van der Waals surface area contributed by atoms with Crippen LogP contribution >= 0.6 is 0 Å². The maximum Gasteiger partial charge on any atom is 0.306 e. The number of aliphatic imine (C=N–C) groups is 1. The Bertz CT molecular complexity index is 1060. The average molecular weight is 502 g/mol. The quantitative estimate of drug-likeness (QED) is 0.307. The van der Waals surface area contributed by atoms with Crippen LogP contribution in [-0.2, 0) is 25.6 Å². The van der Waals surface area contributed by atoms with E-state index in [9.17, 15) is 29.1 Å². The Morgan fingerprint density at radius 3 is 2.42 bits per heavy atom. The van der Waals surface area contributed by atoms with Gasteiger partial charge in [0.25, 0.3) is 5.91 Å². The van der Waals surface area contributed by atoms with Crippen LogP contribution in [0.15, 0.2) is 40.5 Å². The molecule has 0 saturated heterocycles. The van der Waals surface area contributed by atoms with Gasteiger partial charge in [0, 0.05) is 30.9 Å². The molecule has 2 atom stereocenters. The lowest BCUT2D eigenvalue weighted by Crippen LogP contribution is -2.42. The second-order valence-corrected chi connectivity index (χ2v) is 8.57. The number of nitrogens with zero attached hydrogens (tertiary/aromatic N) is 2. The average Bonchev–Trinajstić information content (AvgIpc) is 2.79. The van der Waals surface area contributed by atoms with E-state index in [4.69, 9.17) is 10.8 Å². The SMILES string of the molecule is C.C.NC1=NC(=O)C2=C(CCC(CCc3ccc(C(=O)C[C@@H](CCC(=O)O)C(=O)O)cc3)N2C=O)C1. The minimum absolute atomic E-state index is 0. The molecule has 0 fully saturated rings. The highest BCUT2D eigenvalue weighted by atomic mass is 16.4. The van der Waals surface area contributed by atoms with Gasteiger partial charge in [-0.25, -0.2) is 0 Å². The molecule has 0 spiro atoms. The Morgan fingerprint density at radius 2 is 1.83 bits per heavy atom. The van der Waals surface area contributed by atoms with Crippen molar-refractivity contribution in [2.24, 2.45) is 16.6 Å². The molecule has 10 nitrogen and oxygen atoms in total. The van der Waals surface area contributed by atoms with Crippen LogP contribution in [-0.4, -0.2) is 57.0 Å². The van der Waals surface area contributed by atoms with Crippen LogP contribution in [0.3, 0.4) is 0 Å². The lowest BCUT2D eigenvalue weighted by atomic mass is 9.89. The number of carboxylic acid groups (broad SMARTS) is 2. The number of hydrogen-bond acceptors (Lipinski definition) is 6. The van der Waals surface area contributed by atoms with Gasteiger partial charge < -0.3 is 20.8 Å². The third-order valence-electron chi connectivity index (χ3n) is 6.25. The molecule has 0 radical (unpaired) electrons. The van der Waals surface area contributed by atoms with Crippen LogP contribution in [0.2, 0.25) is 0 Å². The summed E-state index contributed by atoms with van der Waals surface area (Å²) in [6, 6.07) is 6.64. The Morgan fingerprint density at radius 1 is 1.17 bits per heavy atom. The highest BCUT2D eigenvalue weighted by Crippen LogP contribution is 2.33. The topological polar surface area (TPSA) is 167 Å². The first-order valence-corrected chi connectivity index (χ1v) is 11.1. The Balaban J connectivity index is 0.00000324. The van der Waals surface area contributed by atoms with Crippen molar-refractivity contribution < 1.29 is 34.2 Å². The number of benzene rings is 1. The molecule has 2 amide bonds. The van der Waals surface area contributed by atoms with Crippen molar-refractivity contribution in [2.75, 3.05) is 0 Å². The highest BCUT2D eigenvalue weighted by molar-refractivity contribution is 6.07. The number of amidine groups is 1. The Kier molecular flexibility index (Phi) is 11.2. The fourth-order valence-electron chi connectivity index (χ4n) is 4.40. The van der Waals surface area contributed by atoms with E-state index in [0.717, 1.165) is 11.1 Å². The van der Waals surface area contributed by atoms with Crippen LogP contribution in [0.4, 0.5) is 0 Å². The zero-order valence-corrected chi connectivity index (χ0v) is 18.6. The molecule has 2 heterocycles. The second-order valence-electron chi connectivity index (χ2n) is 8.57. The van der Waals surface area contributed by atoms with E-state index in [2.05, 4.69) is 4.99 Å². The van der Waals surface area contributed by atoms with E-state index in [1.54, 1.807) is 24.3 Å². The zero-order valence-electron chi connectivity index (χ0n) is 18.6. The monoisotopic (exact) mass is 501 g/mol. The summed E-state index contributed by atoms with van der Waals surface area (Å²) in [6.07, 6.45) is 2.98. The van der Waals surface area contributed by atoms with Crippen LogP contribution in [0, 0.1) is 5.92 Å². The molecular weight excluding hydrogens is 466 g/mol. The maximum absolute atomic E-state index is 12.5. The molecule has 4 N–H and O–H groups in total. The van der Waals surface area contributed by atoms with Crippen molar-refractivity contribution in [3.05, 3.63) is 46.7 Å². The molecule has 1 aromatic carbocycles. The number of dihydropyridines is 1. The summed E-state index contributed by atoms with van der Waals surface area (Å²) < 4.78 is 0. The molecule has 1 aromatic rings. The first-order chi connectivity index (χ1) is 16.2. The summed E-state index contributed by atoms with van der Waals surface area (Å²) in [5.74, 6) is -3.93. The van der Waals surface area contributed by atoms with E-state index in [0.29, 0.717) is 49.8 Å². The van der Waals surface area contributed by atoms with Crippen LogP contribution in [0.25, 0.3) is 0 Å². The fourth-order valence-corrected chi connectivity index (χ4v) is 4.40. The van der Waals surface area contributed by atoms with Crippen molar-refractivity contribution in [3.63, 3.8) is 0 Å². The van der Waals surface area contributed by atoms with Crippen LogP contribution < -0.4 is 5.73 Å². The van der Waals surface area contributed by atoms with E-state index in [1.807, 2.05) is 0 Å². The van der Waals surface area contributed by atoms with Gasteiger partial charge in [-0.15, -0.1) is 0 Å². The number of rotatable bonds is 11. The summed E-state index contributed by atoms with van der Waals surface area (Å²) >= 11 is 0. The van der Waals surface area contributed by atoms with Gasteiger partial charge in [-0.05, 0) is 43.2 Å². The third-order valence-corrected chi connectivity index (χ3v) is 6.25. The number of Topliss-reactive ketones (excluding diaryl/α,β-unsaturated/α-hetero) is 1. The van der Waals surface area contributed by atoms with Crippen molar-refractivity contribution in [2.45, 2.75) is 72.3 Å². The number of aliphatic carboxylic acids is 2. The van der Waals surface area contributed by atoms with Gasteiger partial charge in [0.1, 0.15) is 11.5 Å². The predicted octanol–water partition coefficient (Wildman–Crippen LogP) is 3.19. The number of hydrogen-bond donors (Lipinski definition) is 3. The molecule has 10 heteroatoms. The van der Waals surface area contributed by atoms with E-state index < -0.39 is 23.8 Å². The molecule has 0 bridgehead atoms. The van der Waals surface area contributed by atoms with Gasteiger partial charge in [0.2, 0.25) is 6.41 Å². The van der Waals surface area contributed by atoms with Crippen LogP contribution in [0.5, 0.6) is 0 Å².